The number of carbonyl (C=O) groups is 1. The minimum atomic E-state index is -0.533. The molecule has 2 N–H and O–H groups in total. The van der Waals surface area contributed by atoms with E-state index in [0.717, 1.165) is 22.3 Å². The molecule has 0 aliphatic heterocycles. The molecule has 3 aromatic rings. The first kappa shape index (κ1) is 19.5. The van der Waals surface area contributed by atoms with E-state index in [9.17, 15) is 14.0 Å². The number of halogens is 2. The lowest BCUT2D eigenvalue weighted by atomic mass is 10.1. The van der Waals surface area contributed by atoms with Gasteiger partial charge in [-0.3, -0.25) is 9.59 Å². The van der Waals surface area contributed by atoms with Crippen LogP contribution in [0, 0.1) is 19.7 Å². The second-order valence-corrected chi connectivity index (χ2v) is 7.73. The third-order valence-corrected chi connectivity index (χ3v) is 5.30. The van der Waals surface area contributed by atoms with Gasteiger partial charge in [-0.05, 0) is 49.2 Å². The molecule has 0 saturated carbocycles. The second kappa shape index (κ2) is 8.15. The third-order valence-electron chi connectivity index (χ3n) is 4.03. The summed E-state index contributed by atoms with van der Waals surface area (Å²) in [6, 6.07) is 9.50. The van der Waals surface area contributed by atoms with Gasteiger partial charge in [0, 0.05) is 28.6 Å². The number of benzene rings is 2. The van der Waals surface area contributed by atoms with Gasteiger partial charge in [0.15, 0.2) is 5.43 Å². The Morgan fingerprint density at radius 2 is 2.00 bits per heavy atom. The minimum Gasteiger partial charge on any atom is -0.357 e. The molecule has 0 unspecified atom stereocenters. The maximum atomic E-state index is 13.1. The summed E-state index contributed by atoms with van der Waals surface area (Å²) in [6.45, 7) is 3.92. The highest BCUT2D eigenvalue weighted by atomic mass is 35.5. The van der Waals surface area contributed by atoms with Gasteiger partial charge >= 0.3 is 0 Å². The van der Waals surface area contributed by atoms with Crippen molar-refractivity contribution in [3.63, 3.8) is 0 Å². The molecule has 27 heavy (non-hydrogen) atoms. The zero-order chi connectivity index (χ0) is 19.6. The maximum Gasteiger partial charge on any atom is 0.234 e. The van der Waals surface area contributed by atoms with Crippen molar-refractivity contribution in [3.8, 4) is 0 Å². The molecule has 0 aliphatic rings. The molecule has 1 aromatic heterocycles. The van der Waals surface area contributed by atoms with Crippen LogP contribution in [0.3, 0.4) is 0 Å². The van der Waals surface area contributed by atoms with Gasteiger partial charge in [0.05, 0.1) is 16.3 Å². The number of hydrogen-bond donors (Lipinski definition) is 2. The Kier molecular flexibility index (Phi) is 5.87. The summed E-state index contributed by atoms with van der Waals surface area (Å²) in [5.74, 6) is -0.0645. The summed E-state index contributed by atoms with van der Waals surface area (Å²) in [4.78, 5) is 27.7. The fourth-order valence-corrected chi connectivity index (χ4v) is 3.78. The molecule has 0 fully saturated rings. The van der Waals surface area contributed by atoms with Crippen LogP contribution in [0.5, 0.6) is 0 Å². The number of pyridine rings is 1. The average Bonchev–Trinajstić information content (AvgIpc) is 2.59. The highest BCUT2D eigenvalue weighted by molar-refractivity contribution is 7.99. The van der Waals surface area contributed by atoms with E-state index in [0.29, 0.717) is 16.8 Å². The number of anilines is 1. The molecule has 3 rings (SSSR count). The van der Waals surface area contributed by atoms with Crippen LogP contribution >= 0.6 is 23.4 Å². The number of nitrogens with one attached hydrogen (secondary N) is 2. The summed E-state index contributed by atoms with van der Waals surface area (Å²) < 4.78 is 13.1. The van der Waals surface area contributed by atoms with Crippen molar-refractivity contribution in [1.29, 1.82) is 0 Å². The van der Waals surface area contributed by atoms with Crippen molar-refractivity contribution in [3.05, 3.63) is 74.3 Å². The highest BCUT2D eigenvalue weighted by Crippen LogP contribution is 2.20. The second-order valence-electron chi connectivity index (χ2n) is 6.33. The number of amides is 1. The van der Waals surface area contributed by atoms with E-state index in [1.807, 2.05) is 26.0 Å². The SMILES string of the molecule is Cc1cc(C)c2[nH]c(CSCC(=O)Nc3ccc(F)c(Cl)c3)cc(=O)c2c1. The molecular formula is C20H18ClFN2O2S. The number of rotatable bonds is 5. The molecule has 0 radical (unpaired) electrons. The molecule has 7 heteroatoms. The molecule has 0 saturated heterocycles. The van der Waals surface area contributed by atoms with E-state index in [1.54, 1.807) is 6.07 Å². The van der Waals surface area contributed by atoms with Crippen LogP contribution in [-0.4, -0.2) is 16.6 Å². The molecule has 2 aromatic carbocycles. The molecular weight excluding hydrogens is 387 g/mol. The Morgan fingerprint density at radius 1 is 1.22 bits per heavy atom. The molecule has 140 valence electrons. The van der Waals surface area contributed by atoms with Gasteiger partial charge in [-0.1, -0.05) is 17.7 Å². The first-order valence-corrected chi connectivity index (χ1v) is 9.82. The topological polar surface area (TPSA) is 62.0 Å². The Hall–Kier alpha value is -2.31. The van der Waals surface area contributed by atoms with Crippen LogP contribution < -0.4 is 10.7 Å². The fraction of sp³-hybridized carbons (Fsp3) is 0.200. The van der Waals surface area contributed by atoms with E-state index in [-0.39, 0.29) is 22.1 Å². The van der Waals surface area contributed by atoms with Gasteiger partial charge in [0.2, 0.25) is 5.91 Å². The molecule has 1 heterocycles. The van der Waals surface area contributed by atoms with Crippen molar-refractivity contribution in [1.82, 2.24) is 4.98 Å². The lowest BCUT2D eigenvalue weighted by Gasteiger charge is -2.08. The zero-order valence-electron chi connectivity index (χ0n) is 14.9. The fourth-order valence-electron chi connectivity index (χ4n) is 2.86. The normalized spacial score (nSPS) is 11.0. The van der Waals surface area contributed by atoms with Crippen LogP contribution in [0.2, 0.25) is 5.02 Å². The van der Waals surface area contributed by atoms with Crippen molar-refractivity contribution in [2.24, 2.45) is 0 Å². The quantitative estimate of drug-likeness (QED) is 0.641. The van der Waals surface area contributed by atoms with Gasteiger partial charge in [-0.15, -0.1) is 11.8 Å². The minimum absolute atomic E-state index is 0.0310. The van der Waals surface area contributed by atoms with Crippen LogP contribution in [0.1, 0.15) is 16.8 Å². The number of H-pyrrole nitrogens is 1. The molecule has 0 aliphatic carbocycles. The summed E-state index contributed by atoms with van der Waals surface area (Å²) in [6.07, 6.45) is 0. The van der Waals surface area contributed by atoms with E-state index in [4.69, 9.17) is 11.6 Å². The lowest BCUT2D eigenvalue weighted by Crippen LogP contribution is -2.14. The zero-order valence-corrected chi connectivity index (χ0v) is 16.4. The van der Waals surface area contributed by atoms with E-state index >= 15 is 0 Å². The Balaban J connectivity index is 1.64. The van der Waals surface area contributed by atoms with Gasteiger partial charge in [-0.2, -0.15) is 0 Å². The number of thioether (sulfide) groups is 1. The standard InChI is InChI=1S/C20H18ClFN2O2S/c1-11-5-12(2)20-15(6-11)18(25)8-14(24-20)9-27-10-19(26)23-13-3-4-17(22)16(21)7-13/h3-8H,9-10H2,1-2H3,(H,23,26)(H,24,25). The maximum absolute atomic E-state index is 13.1. The summed E-state index contributed by atoms with van der Waals surface area (Å²) in [7, 11) is 0. The van der Waals surface area contributed by atoms with Crippen LogP contribution in [0.4, 0.5) is 10.1 Å². The first-order chi connectivity index (χ1) is 12.8. The molecule has 4 nitrogen and oxygen atoms in total. The van der Waals surface area contributed by atoms with Gasteiger partial charge < -0.3 is 10.3 Å². The highest BCUT2D eigenvalue weighted by Gasteiger charge is 2.08. The smallest absolute Gasteiger partial charge is 0.234 e. The Labute approximate surface area is 165 Å². The number of aryl methyl sites for hydroxylation is 2. The van der Waals surface area contributed by atoms with Crippen molar-refractivity contribution in [2.45, 2.75) is 19.6 Å². The number of hydrogen-bond acceptors (Lipinski definition) is 3. The molecule has 0 atom stereocenters. The summed E-state index contributed by atoms with van der Waals surface area (Å²) in [5.41, 5.74) is 4.06. The third kappa shape index (κ3) is 4.70. The van der Waals surface area contributed by atoms with Crippen LogP contribution in [0.15, 0.2) is 41.2 Å². The van der Waals surface area contributed by atoms with E-state index in [1.165, 1.54) is 30.0 Å². The average molecular weight is 405 g/mol. The predicted molar refractivity (Wildman–Crippen MR) is 110 cm³/mol. The van der Waals surface area contributed by atoms with E-state index in [2.05, 4.69) is 10.3 Å². The van der Waals surface area contributed by atoms with Crippen LogP contribution in [0.25, 0.3) is 10.9 Å². The molecule has 1 amide bonds. The number of aromatic nitrogens is 1. The Bertz CT molecular complexity index is 1080. The van der Waals surface area contributed by atoms with Crippen LogP contribution in [-0.2, 0) is 10.5 Å². The van der Waals surface area contributed by atoms with Crippen molar-refractivity contribution >= 4 is 45.9 Å². The number of fused-ring (bicyclic) bond motifs is 1. The largest absolute Gasteiger partial charge is 0.357 e. The summed E-state index contributed by atoms with van der Waals surface area (Å²) in [5, 5.41) is 3.30. The van der Waals surface area contributed by atoms with Crippen molar-refractivity contribution in [2.75, 3.05) is 11.1 Å². The number of carbonyl (C=O) groups excluding carboxylic acids is 1. The Morgan fingerprint density at radius 3 is 2.74 bits per heavy atom. The van der Waals surface area contributed by atoms with Gasteiger partial charge in [0.25, 0.3) is 0 Å². The van der Waals surface area contributed by atoms with E-state index < -0.39 is 5.82 Å². The van der Waals surface area contributed by atoms with Gasteiger partial charge in [0.1, 0.15) is 5.82 Å². The first-order valence-electron chi connectivity index (χ1n) is 8.29. The van der Waals surface area contributed by atoms with Gasteiger partial charge in [-0.25, -0.2) is 4.39 Å². The summed E-state index contributed by atoms with van der Waals surface area (Å²) >= 11 is 7.08. The number of aromatic amines is 1. The monoisotopic (exact) mass is 404 g/mol. The molecule has 0 bridgehead atoms. The molecule has 0 spiro atoms. The van der Waals surface area contributed by atoms with Crippen molar-refractivity contribution < 1.29 is 9.18 Å². The lowest BCUT2D eigenvalue weighted by molar-refractivity contribution is -0.113. The predicted octanol–water partition coefficient (Wildman–Crippen LogP) is 4.81.